The number of ether oxygens (including phenoxy) is 2. The molecule has 2 aromatic rings. The van der Waals surface area contributed by atoms with Crippen LogP contribution in [0, 0.1) is 29.1 Å². The molecule has 0 spiro atoms. The number of methoxy groups -OCH3 is 1. The van der Waals surface area contributed by atoms with E-state index in [-0.39, 0.29) is 5.75 Å². The number of nitrogens with one attached hydrogen (secondary N) is 1. The van der Waals surface area contributed by atoms with E-state index in [1.807, 2.05) is 0 Å². The van der Waals surface area contributed by atoms with Crippen LogP contribution in [0.25, 0.3) is 0 Å². The first kappa shape index (κ1) is 21.5. The number of anilines is 1. The van der Waals surface area contributed by atoms with Gasteiger partial charge in [-0.2, -0.15) is 4.39 Å². The average molecular weight is 437 g/mol. The minimum atomic E-state index is -5.78. The summed E-state index contributed by atoms with van der Waals surface area (Å²) in [7, 11) is -4.48. The summed E-state index contributed by atoms with van der Waals surface area (Å²) in [6.07, 6.45) is -5.78. The highest BCUT2D eigenvalue weighted by molar-refractivity contribution is 7.92. The van der Waals surface area contributed by atoms with Crippen molar-refractivity contribution in [2.75, 3.05) is 11.8 Å². The van der Waals surface area contributed by atoms with Gasteiger partial charge in [0.25, 0.3) is 10.0 Å². The van der Waals surface area contributed by atoms with E-state index in [9.17, 15) is 43.5 Å². The Balaban J connectivity index is 2.65. The molecule has 0 aromatic heterocycles. The number of alkyl halides is 3. The molecule has 0 saturated heterocycles. The zero-order valence-corrected chi connectivity index (χ0v) is 14.1. The molecule has 0 heterocycles. The van der Waals surface area contributed by atoms with Crippen molar-refractivity contribution in [1.82, 2.24) is 0 Å². The number of rotatable bonds is 5. The van der Waals surface area contributed by atoms with Gasteiger partial charge in [-0.1, -0.05) is 0 Å². The minimum absolute atomic E-state index is 0.353. The average Bonchev–Trinajstić information content (AvgIpc) is 2.56. The summed E-state index contributed by atoms with van der Waals surface area (Å²) in [6, 6.07) is 2.22. The third-order valence-corrected chi connectivity index (χ3v) is 4.48. The number of sulfonamides is 1. The highest BCUT2D eigenvalue weighted by Crippen LogP contribution is 2.38. The van der Waals surface area contributed by atoms with Gasteiger partial charge in [-0.3, -0.25) is 4.72 Å². The van der Waals surface area contributed by atoms with Crippen molar-refractivity contribution >= 4 is 15.7 Å². The van der Waals surface area contributed by atoms with Crippen molar-refractivity contribution < 1.29 is 53.0 Å². The first-order valence-corrected chi connectivity index (χ1v) is 8.25. The van der Waals surface area contributed by atoms with Crippen molar-refractivity contribution in [3.05, 3.63) is 47.3 Å². The Morgan fingerprint density at radius 1 is 0.929 bits per heavy atom. The molecule has 0 atom stereocenters. The molecule has 0 bridgehead atoms. The molecule has 0 aliphatic carbocycles. The lowest BCUT2D eigenvalue weighted by molar-refractivity contribution is -0.276. The minimum Gasteiger partial charge on any atom is -0.494 e. The fraction of sp³-hybridized carbons (Fsp3) is 0.143. The van der Waals surface area contributed by atoms with E-state index in [0.717, 1.165) is 19.2 Å². The molecular weight excluding hydrogens is 430 g/mol. The lowest BCUT2D eigenvalue weighted by Crippen LogP contribution is -2.24. The molecule has 0 unspecified atom stereocenters. The van der Waals surface area contributed by atoms with E-state index in [0.29, 0.717) is 6.07 Å². The van der Waals surface area contributed by atoms with E-state index in [4.69, 9.17) is 0 Å². The van der Waals surface area contributed by atoms with E-state index in [1.54, 1.807) is 0 Å². The Hall–Kier alpha value is -2.77. The van der Waals surface area contributed by atoms with Gasteiger partial charge in [0.1, 0.15) is 0 Å². The standard InChI is InChI=1S/C14H7F8NO4S/c1-26-7-3-2-5(4-6(7)15)23-28(24,25)13-11(19)9(17)8(16)10(18)12(13)27-14(20,21)22/h2-4,23H,1H3. The third kappa shape index (κ3) is 4.21. The number of benzene rings is 2. The molecule has 0 fully saturated rings. The molecule has 154 valence electrons. The number of halogens is 8. The smallest absolute Gasteiger partial charge is 0.494 e. The van der Waals surface area contributed by atoms with Crippen LogP contribution >= 0.6 is 0 Å². The van der Waals surface area contributed by atoms with Gasteiger partial charge in [0, 0.05) is 6.07 Å². The second kappa shape index (κ2) is 7.33. The summed E-state index contributed by atoms with van der Waals surface area (Å²) in [5, 5.41) is 0. The fourth-order valence-electron chi connectivity index (χ4n) is 1.97. The molecule has 14 heteroatoms. The van der Waals surface area contributed by atoms with Gasteiger partial charge in [0.05, 0.1) is 12.8 Å². The summed E-state index contributed by atoms with van der Waals surface area (Å²) in [5.41, 5.74) is -0.680. The van der Waals surface area contributed by atoms with Crippen LogP contribution in [0.3, 0.4) is 0 Å². The van der Waals surface area contributed by atoms with Crippen molar-refractivity contribution in [2.24, 2.45) is 0 Å². The predicted octanol–water partition coefficient (Wildman–Crippen LogP) is 4.09. The molecule has 0 radical (unpaired) electrons. The monoisotopic (exact) mass is 437 g/mol. The van der Waals surface area contributed by atoms with E-state index >= 15 is 0 Å². The van der Waals surface area contributed by atoms with Crippen LogP contribution in [-0.2, 0) is 10.0 Å². The van der Waals surface area contributed by atoms with E-state index in [2.05, 4.69) is 9.47 Å². The Morgan fingerprint density at radius 2 is 1.50 bits per heavy atom. The Morgan fingerprint density at radius 3 is 2.00 bits per heavy atom. The van der Waals surface area contributed by atoms with Crippen LogP contribution in [-0.4, -0.2) is 21.9 Å². The number of hydrogen-bond donors (Lipinski definition) is 1. The van der Waals surface area contributed by atoms with Crippen LogP contribution in [0.5, 0.6) is 11.5 Å². The first-order valence-electron chi connectivity index (χ1n) is 6.76. The van der Waals surface area contributed by atoms with E-state index < -0.39 is 61.8 Å². The van der Waals surface area contributed by atoms with Gasteiger partial charge < -0.3 is 9.47 Å². The third-order valence-electron chi connectivity index (χ3n) is 3.07. The second-order valence-electron chi connectivity index (χ2n) is 4.92. The normalized spacial score (nSPS) is 12.0. The van der Waals surface area contributed by atoms with Crippen LogP contribution in [0.2, 0.25) is 0 Å². The zero-order chi connectivity index (χ0) is 21.4. The molecule has 0 amide bonds. The number of hydrogen-bond acceptors (Lipinski definition) is 4. The van der Waals surface area contributed by atoms with Gasteiger partial charge in [0.15, 0.2) is 33.8 Å². The Bertz CT molecular complexity index is 1020. The van der Waals surface area contributed by atoms with E-state index in [1.165, 1.54) is 4.72 Å². The zero-order valence-electron chi connectivity index (χ0n) is 13.3. The highest BCUT2D eigenvalue weighted by atomic mass is 32.2. The van der Waals surface area contributed by atoms with Crippen molar-refractivity contribution in [3.63, 3.8) is 0 Å². The first-order chi connectivity index (χ1) is 12.8. The molecule has 0 saturated carbocycles. The molecule has 2 aromatic carbocycles. The van der Waals surface area contributed by atoms with Gasteiger partial charge in [-0.25, -0.2) is 26.0 Å². The molecular formula is C14H7F8NO4S. The molecule has 0 aliphatic heterocycles. The summed E-state index contributed by atoms with van der Waals surface area (Å²) >= 11 is 0. The predicted molar refractivity (Wildman–Crippen MR) is 76.7 cm³/mol. The molecule has 1 N–H and O–H groups in total. The Kier molecular flexibility index (Phi) is 5.64. The summed E-state index contributed by atoms with van der Waals surface area (Å²) in [5.74, 6) is -14.8. The van der Waals surface area contributed by atoms with Crippen LogP contribution in [0.4, 0.5) is 40.8 Å². The maximum atomic E-state index is 13.9. The fourth-order valence-corrected chi connectivity index (χ4v) is 3.21. The van der Waals surface area contributed by atoms with Crippen molar-refractivity contribution in [2.45, 2.75) is 11.3 Å². The Labute approximate surface area is 151 Å². The van der Waals surface area contributed by atoms with Crippen LogP contribution in [0.1, 0.15) is 0 Å². The summed E-state index contributed by atoms with van der Waals surface area (Å²) in [4.78, 5) is -2.31. The lowest BCUT2D eigenvalue weighted by atomic mass is 10.3. The summed E-state index contributed by atoms with van der Waals surface area (Å²) < 4.78 is 139. The maximum Gasteiger partial charge on any atom is 0.573 e. The molecule has 28 heavy (non-hydrogen) atoms. The van der Waals surface area contributed by atoms with Gasteiger partial charge >= 0.3 is 6.36 Å². The van der Waals surface area contributed by atoms with Gasteiger partial charge in [-0.05, 0) is 12.1 Å². The van der Waals surface area contributed by atoms with Crippen LogP contribution < -0.4 is 14.2 Å². The molecule has 5 nitrogen and oxygen atoms in total. The van der Waals surface area contributed by atoms with Crippen molar-refractivity contribution in [3.8, 4) is 11.5 Å². The second-order valence-corrected chi connectivity index (χ2v) is 6.54. The highest BCUT2D eigenvalue weighted by Gasteiger charge is 2.41. The quantitative estimate of drug-likeness (QED) is 0.435. The van der Waals surface area contributed by atoms with Gasteiger partial charge in [-0.15, -0.1) is 13.2 Å². The SMILES string of the molecule is COc1ccc(NS(=O)(=O)c2c(F)c(F)c(F)c(F)c2OC(F)(F)F)cc1F. The maximum absolute atomic E-state index is 13.9. The summed E-state index contributed by atoms with van der Waals surface area (Å²) in [6.45, 7) is 0. The largest absolute Gasteiger partial charge is 0.573 e. The topological polar surface area (TPSA) is 64.6 Å². The van der Waals surface area contributed by atoms with Crippen LogP contribution in [0.15, 0.2) is 23.1 Å². The van der Waals surface area contributed by atoms with Gasteiger partial charge in [0.2, 0.25) is 11.6 Å². The van der Waals surface area contributed by atoms with Crippen molar-refractivity contribution in [1.29, 1.82) is 0 Å². The lowest BCUT2D eigenvalue weighted by Gasteiger charge is -2.17. The molecule has 0 aliphatic rings. The molecule has 2 rings (SSSR count).